The van der Waals surface area contributed by atoms with Crippen LogP contribution in [0.3, 0.4) is 0 Å². The molecule has 0 aromatic heterocycles. The Morgan fingerprint density at radius 2 is 2.00 bits per heavy atom. The molecule has 0 amide bonds. The molecule has 1 aliphatic rings. The van der Waals surface area contributed by atoms with Gasteiger partial charge in [-0.25, -0.2) is 0 Å². The van der Waals surface area contributed by atoms with Crippen LogP contribution in [-0.4, -0.2) is 43.4 Å². The van der Waals surface area contributed by atoms with Crippen LogP contribution >= 0.6 is 0 Å². The molecule has 0 spiro atoms. The SMILES string of the molecule is CC1CCN(C[SiH2]O[SiH3])C(C)(C)C1(C)C. The van der Waals surface area contributed by atoms with Crippen LogP contribution in [0.15, 0.2) is 0 Å². The van der Waals surface area contributed by atoms with Crippen molar-refractivity contribution in [3.8, 4) is 0 Å². The second-order valence-electron chi connectivity index (χ2n) is 5.95. The standard InChI is InChI=1S/C11H27NOSi2/c1-9-6-7-12(8-15-13-14)11(4,5)10(9,2)3/h9H,6-8,15H2,1-5,14H3. The third-order valence-electron chi connectivity index (χ3n) is 5.00. The van der Waals surface area contributed by atoms with E-state index in [0.717, 1.165) is 16.4 Å². The summed E-state index contributed by atoms with van der Waals surface area (Å²) < 4.78 is 5.47. The molecule has 90 valence electrons. The lowest BCUT2D eigenvalue weighted by Crippen LogP contribution is -2.61. The average Bonchev–Trinajstić information content (AvgIpc) is 2.14. The summed E-state index contributed by atoms with van der Waals surface area (Å²) >= 11 is 0. The van der Waals surface area contributed by atoms with Gasteiger partial charge in [-0.05, 0) is 38.1 Å². The predicted octanol–water partition coefficient (Wildman–Crippen LogP) is 0.471. The Bertz CT molecular complexity index is 217. The summed E-state index contributed by atoms with van der Waals surface area (Å²) in [7, 11) is 0.652. The summed E-state index contributed by atoms with van der Waals surface area (Å²) in [5, 5.41) is 0. The molecule has 2 nitrogen and oxygen atoms in total. The van der Waals surface area contributed by atoms with Crippen molar-refractivity contribution in [1.82, 2.24) is 4.90 Å². The van der Waals surface area contributed by atoms with E-state index in [1.165, 1.54) is 19.1 Å². The molecule has 1 aliphatic heterocycles. The van der Waals surface area contributed by atoms with Gasteiger partial charge in [0.2, 0.25) is 0 Å². The highest BCUT2D eigenvalue weighted by Gasteiger charge is 2.47. The Morgan fingerprint density at radius 1 is 1.40 bits per heavy atom. The summed E-state index contributed by atoms with van der Waals surface area (Å²) in [6.45, 7) is 13.3. The van der Waals surface area contributed by atoms with E-state index in [4.69, 9.17) is 4.12 Å². The molecule has 0 aromatic carbocycles. The first-order chi connectivity index (χ1) is 6.84. The van der Waals surface area contributed by atoms with E-state index in [1.54, 1.807) is 0 Å². The Labute approximate surface area is 100 Å². The van der Waals surface area contributed by atoms with Gasteiger partial charge in [0.25, 0.3) is 0 Å². The van der Waals surface area contributed by atoms with Gasteiger partial charge < -0.3 is 4.12 Å². The van der Waals surface area contributed by atoms with E-state index in [1.807, 2.05) is 0 Å². The smallest absolute Gasteiger partial charge is 0.159 e. The molecule has 0 aliphatic carbocycles. The number of nitrogens with zero attached hydrogens (tertiary/aromatic N) is 1. The van der Waals surface area contributed by atoms with Gasteiger partial charge in [-0.2, -0.15) is 0 Å². The van der Waals surface area contributed by atoms with Crippen LogP contribution in [0, 0.1) is 11.3 Å². The van der Waals surface area contributed by atoms with Crippen molar-refractivity contribution in [2.45, 2.75) is 46.6 Å². The highest BCUT2D eigenvalue weighted by molar-refractivity contribution is 6.34. The largest absolute Gasteiger partial charge is 0.467 e. The first-order valence-electron chi connectivity index (χ1n) is 6.08. The van der Waals surface area contributed by atoms with Gasteiger partial charge in [0.05, 0.1) is 0 Å². The van der Waals surface area contributed by atoms with Crippen LogP contribution in [0.1, 0.15) is 41.0 Å². The van der Waals surface area contributed by atoms with Crippen molar-refractivity contribution < 1.29 is 4.12 Å². The lowest BCUT2D eigenvalue weighted by atomic mass is 9.62. The summed E-state index contributed by atoms with van der Waals surface area (Å²) in [5.41, 5.74) is 0.725. The van der Waals surface area contributed by atoms with Gasteiger partial charge >= 0.3 is 0 Å². The number of likely N-dealkylation sites (tertiary alicyclic amines) is 1. The molecule has 0 aromatic rings. The zero-order valence-electron chi connectivity index (χ0n) is 11.3. The Balaban J connectivity index is 2.76. The van der Waals surface area contributed by atoms with Crippen molar-refractivity contribution in [3.05, 3.63) is 0 Å². The number of rotatable bonds is 3. The highest BCUT2D eigenvalue weighted by atomic mass is 28.3. The van der Waals surface area contributed by atoms with Crippen molar-refractivity contribution in [3.63, 3.8) is 0 Å². The molecule has 4 heteroatoms. The molecular weight excluding hydrogens is 218 g/mol. The second-order valence-corrected chi connectivity index (χ2v) is 9.12. The van der Waals surface area contributed by atoms with E-state index < -0.39 is 0 Å². The maximum absolute atomic E-state index is 5.47. The van der Waals surface area contributed by atoms with Crippen molar-refractivity contribution in [2.24, 2.45) is 11.3 Å². The van der Waals surface area contributed by atoms with Crippen molar-refractivity contribution in [2.75, 3.05) is 12.7 Å². The molecule has 1 fully saturated rings. The van der Waals surface area contributed by atoms with Crippen LogP contribution in [0.25, 0.3) is 0 Å². The summed E-state index contributed by atoms with van der Waals surface area (Å²) in [4.78, 5) is 2.66. The Hall–Kier alpha value is 0.354. The zero-order valence-corrected chi connectivity index (χ0v) is 14.7. The molecule has 0 N–H and O–H groups in total. The minimum atomic E-state index is -0.270. The Kier molecular flexibility index (Phi) is 4.20. The van der Waals surface area contributed by atoms with E-state index in [2.05, 4.69) is 39.5 Å². The zero-order chi connectivity index (χ0) is 11.7. The fourth-order valence-electron chi connectivity index (χ4n) is 2.59. The van der Waals surface area contributed by atoms with Crippen molar-refractivity contribution >= 4 is 20.2 Å². The first-order valence-corrected chi connectivity index (χ1v) is 8.47. The lowest BCUT2D eigenvalue weighted by molar-refractivity contribution is -0.0568. The summed E-state index contributed by atoms with van der Waals surface area (Å²) in [6, 6.07) is 0. The molecule has 0 radical (unpaired) electrons. The van der Waals surface area contributed by atoms with E-state index in [0.29, 0.717) is 11.0 Å². The van der Waals surface area contributed by atoms with Gasteiger partial charge in [0, 0.05) is 11.7 Å². The average molecular weight is 246 g/mol. The lowest BCUT2D eigenvalue weighted by Gasteiger charge is -2.56. The maximum atomic E-state index is 5.47. The number of hydrogen-bond acceptors (Lipinski definition) is 2. The van der Waals surface area contributed by atoms with Crippen LogP contribution in [0.2, 0.25) is 0 Å². The highest BCUT2D eigenvalue weighted by Crippen LogP contribution is 2.46. The van der Waals surface area contributed by atoms with E-state index in [-0.39, 0.29) is 9.76 Å². The summed E-state index contributed by atoms with van der Waals surface area (Å²) in [6.07, 6.45) is 2.57. The monoisotopic (exact) mass is 245 g/mol. The number of piperidine rings is 1. The van der Waals surface area contributed by atoms with Gasteiger partial charge in [0.1, 0.15) is 10.5 Å². The minimum Gasteiger partial charge on any atom is -0.467 e. The maximum Gasteiger partial charge on any atom is 0.159 e. The molecule has 0 bridgehead atoms. The molecule has 0 saturated carbocycles. The summed E-state index contributed by atoms with van der Waals surface area (Å²) in [5.74, 6) is 0.822. The van der Waals surface area contributed by atoms with E-state index >= 15 is 0 Å². The Morgan fingerprint density at radius 3 is 2.53 bits per heavy atom. The number of hydrogen-bond donors (Lipinski definition) is 0. The molecule has 1 saturated heterocycles. The topological polar surface area (TPSA) is 12.5 Å². The molecule has 15 heavy (non-hydrogen) atoms. The van der Waals surface area contributed by atoms with Gasteiger partial charge in [-0.15, -0.1) is 0 Å². The first kappa shape index (κ1) is 13.4. The normalized spacial score (nSPS) is 31.4. The fraction of sp³-hybridized carbons (Fsp3) is 1.00. The van der Waals surface area contributed by atoms with Crippen LogP contribution in [0.5, 0.6) is 0 Å². The van der Waals surface area contributed by atoms with Crippen LogP contribution in [-0.2, 0) is 4.12 Å². The van der Waals surface area contributed by atoms with Gasteiger partial charge in [0.15, 0.2) is 9.76 Å². The van der Waals surface area contributed by atoms with Crippen LogP contribution < -0.4 is 0 Å². The third-order valence-corrected chi connectivity index (χ3v) is 7.35. The molecule has 1 rings (SSSR count). The molecule has 1 heterocycles. The second kappa shape index (κ2) is 4.69. The third kappa shape index (κ3) is 2.38. The predicted molar refractivity (Wildman–Crippen MR) is 72.8 cm³/mol. The molecule has 1 unspecified atom stereocenters. The van der Waals surface area contributed by atoms with Gasteiger partial charge in [-0.1, -0.05) is 20.8 Å². The minimum absolute atomic E-state index is 0.270. The molecular formula is C11H27NOSi2. The van der Waals surface area contributed by atoms with Crippen molar-refractivity contribution in [1.29, 1.82) is 0 Å². The fourth-order valence-corrected chi connectivity index (χ4v) is 4.33. The quantitative estimate of drug-likeness (QED) is 0.671. The van der Waals surface area contributed by atoms with Crippen LogP contribution in [0.4, 0.5) is 0 Å². The van der Waals surface area contributed by atoms with E-state index in [9.17, 15) is 0 Å². The molecule has 1 atom stereocenters. The van der Waals surface area contributed by atoms with Gasteiger partial charge in [-0.3, -0.25) is 4.90 Å².